The second kappa shape index (κ2) is 28.8. The number of allylic oxidation sites excluding steroid dienone is 1. The fourth-order valence-corrected chi connectivity index (χ4v) is 16.6. The lowest BCUT2D eigenvalue weighted by Gasteiger charge is -2.54. The van der Waals surface area contributed by atoms with Crippen LogP contribution in [0.2, 0.25) is 54.4 Å². The number of methoxy groups -OCH3 is 1. The number of ether oxygens (including phenoxy) is 7. The third-order valence-corrected chi connectivity index (χ3v) is 34.9. The molecule has 5 fully saturated rings. The molecule has 1 aromatic carbocycles. The molecule has 0 spiro atoms. The Kier molecular flexibility index (Phi) is 24.4. The van der Waals surface area contributed by atoms with E-state index in [9.17, 15) is 0 Å². The van der Waals surface area contributed by atoms with E-state index < -0.39 is 25.0 Å². The summed E-state index contributed by atoms with van der Waals surface area (Å²) in [5, 5.41) is 0.00742. The van der Waals surface area contributed by atoms with E-state index in [2.05, 4.69) is 187 Å². The average molecular weight is 1210 g/mol. The van der Waals surface area contributed by atoms with E-state index in [1.54, 1.807) is 7.11 Å². The van der Waals surface area contributed by atoms with Gasteiger partial charge in [0, 0.05) is 18.3 Å². The van der Waals surface area contributed by atoms with Gasteiger partial charge in [-0.1, -0.05) is 154 Å². The predicted octanol–water partition coefficient (Wildman–Crippen LogP) is 17.9. The first-order chi connectivity index (χ1) is 38.5. The number of hydrogen-bond donors (Lipinski definition) is 0. The molecule has 0 bridgehead atoms. The predicted molar refractivity (Wildman–Crippen MR) is 351 cm³/mol. The highest BCUT2D eigenvalue weighted by atomic mass is 28.4. The van der Waals surface area contributed by atoms with Crippen molar-refractivity contribution in [3.8, 4) is 5.75 Å². The van der Waals surface area contributed by atoms with Gasteiger partial charge in [0.05, 0.1) is 93.1 Å². The summed E-state index contributed by atoms with van der Waals surface area (Å²) < 4.78 is 70.6. The van der Waals surface area contributed by atoms with Gasteiger partial charge in [-0.25, -0.2) is 0 Å². The molecule has 5 aliphatic rings. The maximum absolute atomic E-state index is 7.65. The highest BCUT2D eigenvalue weighted by Gasteiger charge is 2.56. The summed E-state index contributed by atoms with van der Waals surface area (Å²) in [6.45, 7) is 63.0. The van der Waals surface area contributed by atoms with Crippen molar-refractivity contribution in [3.05, 3.63) is 78.9 Å². The van der Waals surface area contributed by atoms with Crippen LogP contribution in [0.15, 0.2) is 73.4 Å². The minimum atomic E-state index is -2.33. The van der Waals surface area contributed by atoms with Gasteiger partial charge in [-0.3, -0.25) is 0 Å². The van der Waals surface area contributed by atoms with Gasteiger partial charge in [0.25, 0.3) is 0 Å². The van der Waals surface area contributed by atoms with Gasteiger partial charge >= 0.3 is 0 Å². The summed E-state index contributed by atoms with van der Waals surface area (Å²) in [4.78, 5) is 0. The second-order valence-electron chi connectivity index (χ2n) is 31.2. The van der Waals surface area contributed by atoms with E-state index in [0.29, 0.717) is 24.9 Å². The zero-order chi connectivity index (χ0) is 61.8. The Balaban J connectivity index is 1.13. The summed E-state index contributed by atoms with van der Waals surface area (Å²) in [7, 11) is -5.22. The summed E-state index contributed by atoms with van der Waals surface area (Å²) in [5.74, 6) is 2.15. The molecule has 0 saturated carbocycles. The zero-order valence-electron chi connectivity index (χ0n) is 56.7. The molecule has 3 unspecified atom stereocenters. The van der Waals surface area contributed by atoms with Crippen LogP contribution in [-0.4, -0.2) is 118 Å². The lowest BCUT2D eigenvalue weighted by Crippen LogP contribution is -2.65. The Hall–Kier alpha value is -1.73. The fourth-order valence-electron chi connectivity index (χ4n) is 12.6. The molecule has 0 amide bonds. The summed E-state index contributed by atoms with van der Waals surface area (Å²) >= 11 is 0. The second-order valence-corrected chi connectivity index (χ2v) is 45.5. The van der Waals surface area contributed by atoms with E-state index in [1.165, 1.54) is 5.57 Å². The highest BCUT2D eigenvalue weighted by Crippen LogP contribution is 2.48. The quantitative estimate of drug-likeness (QED) is 0.0696. The van der Waals surface area contributed by atoms with Crippen molar-refractivity contribution in [1.29, 1.82) is 0 Å². The van der Waals surface area contributed by atoms with Gasteiger partial charge in [-0.2, -0.15) is 0 Å². The van der Waals surface area contributed by atoms with Crippen LogP contribution in [0.4, 0.5) is 0 Å². The van der Waals surface area contributed by atoms with Crippen LogP contribution in [0, 0.1) is 29.6 Å². The van der Waals surface area contributed by atoms with Crippen molar-refractivity contribution in [2.75, 3.05) is 7.11 Å². The Labute approximate surface area is 511 Å². The Morgan fingerprint density at radius 3 is 1.87 bits per heavy atom. The van der Waals surface area contributed by atoms with Crippen molar-refractivity contribution in [3.63, 3.8) is 0 Å². The average Bonchev–Trinajstić information content (AvgIpc) is 2.38. The van der Waals surface area contributed by atoms with Crippen LogP contribution < -0.4 is 4.74 Å². The summed E-state index contributed by atoms with van der Waals surface area (Å²) in [5.41, 5.74) is 3.46. The van der Waals surface area contributed by atoms with E-state index in [1.807, 2.05) is 18.2 Å². The molecule has 83 heavy (non-hydrogen) atoms. The largest absolute Gasteiger partial charge is 0.497 e. The van der Waals surface area contributed by atoms with E-state index in [-0.39, 0.29) is 118 Å². The van der Waals surface area contributed by atoms with Crippen molar-refractivity contribution in [1.82, 2.24) is 0 Å². The lowest BCUT2D eigenvalue weighted by atomic mass is 9.78. The number of rotatable bonds is 25. The smallest absolute Gasteiger partial charge is 0.193 e. The number of fused-ring (bicyclic) bond motifs is 1. The van der Waals surface area contributed by atoms with Crippen LogP contribution in [0.3, 0.4) is 0 Å². The maximum atomic E-state index is 7.65. The number of benzene rings is 1. The van der Waals surface area contributed by atoms with Gasteiger partial charge in [-0.15, -0.1) is 6.58 Å². The van der Waals surface area contributed by atoms with E-state index >= 15 is 0 Å². The molecule has 5 aliphatic heterocycles. The van der Waals surface area contributed by atoms with Crippen LogP contribution in [0.1, 0.15) is 180 Å². The molecule has 0 radical (unpaired) electrons. The SMILES string of the molecule is C=CC[C@@H]1O[C@@H]([C@H](/C=C/C(C)CC[C@H]2CC(=C)C(CC[C@H]3C[C@@H](C)C(=C)C(C[C@@H]4O[C@H]5C[C@@H](C)[C@@H](CCC)O[C@H]5[C@H](C)[C@H]4OCc4ccc(OC)cc4)O3)O2)O[Si](C)(C)C(C)(C)C)[C@@H](O[Si](C)(C)C(C)(C)C)[C@@H](O[Si](C)(C)C(C)(C)C)[C@H]1C. The minimum Gasteiger partial charge on any atom is -0.497 e. The Bertz CT molecular complexity index is 2260. The molecule has 0 aromatic heterocycles. The van der Waals surface area contributed by atoms with Gasteiger partial charge in [0.1, 0.15) is 11.9 Å². The molecule has 5 saturated heterocycles. The van der Waals surface area contributed by atoms with Gasteiger partial charge in [0.2, 0.25) is 0 Å². The molecule has 19 atom stereocenters. The summed E-state index contributed by atoms with van der Waals surface area (Å²) in [6, 6.07) is 8.17. The Morgan fingerprint density at radius 1 is 0.663 bits per heavy atom. The maximum Gasteiger partial charge on any atom is 0.193 e. The van der Waals surface area contributed by atoms with Gasteiger partial charge < -0.3 is 46.4 Å². The minimum absolute atomic E-state index is 0.00595. The normalized spacial score (nSPS) is 34.2. The van der Waals surface area contributed by atoms with Gasteiger partial charge in [-0.05, 0) is 159 Å². The molecule has 0 N–H and O–H groups in total. The molecule has 0 aliphatic carbocycles. The Morgan fingerprint density at radius 2 is 1.28 bits per heavy atom. The van der Waals surface area contributed by atoms with Crippen LogP contribution in [0.5, 0.6) is 5.75 Å². The third kappa shape index (κ3) is 17.8. The first-order valence-corrected chi connectivity index (χ1v) is 41.4. The van der Waals surface area contributed by atoms with Crippen molar-refractivity contribution in [2.24, 2.45) is 29.6 Å². The van der Waals surface area contributed by atoms with Crippen LogP contribution in [0.25, 0.3) is 0 Å². The monoisotopic (exact) mass is 1210 g/mol. The fraction of sp³-hybridized carbons (Fsp3) is 0.800. The molecule has 13 heteroatoms. The first kappa shape index (κ1) is 70.4. The van der Waals surface area contributed by atoms with E-state index in [0.717, 1.165) is 81.1 Å². The lowest BCUT2D eigenvalue weighted by molar-refractivity contribution is -0.269. The van der Waals surface area contributed by atoms with Crippen molar-refractivity contribution in [2.45, 2.75) is 321 Å². The zero-order valence-corrected chi connectivity index (χ0v) is 59.7. The molecular formula is C70H122O10Si3. The molecular weight excluding hydrogens is 1090 g/mol. The summed E-state index contributed by atoms with van der Waals surface area (Å²) in [6.07, 6.45) is 15.8. The van der Waals surface area contributed by atoms with Crippen LogP contribution >= 0.6 is 0 Å². The van der Waals surface area contributed by atoms with E-state index in [4.69, 9.17) is 46.4 Å². The molecule has 474 valence electrons. The molecule has 10 nitrogen and oxygen atoms in total. The highest BCUT2D eigenvalue weighted by molar-refractivity contribution is 6.75. The van der Waals surface area contributed by atoms with Crippen LogP contribution in [-0.2, 0) is 48.3 Å². The van der Waals surface area contributed by atoms with Crippen molar-refractivity contribution < 1.29 is 46.4 Å². The first-order valence-electron chi connectivity index (χ1n) is 32.7. The molecule has 6 rings (SSSR count). The van der Waals surface area contributed by atoms with Gasteiger partial charge in [0.15, 0.2) is 25.0 Å². The number of hydrogen-bond acceptors (Lipinski definition) is 10. The van der Waals surface area contributed by atoms with Crippen molar-refractivity contribution >= 4 is 25.0 Å². The molecule has 5 heterocycles. The standard InChI is InChI=1S/C70H122O10Si3/c1-26-28-56-48(6)42-61-64(76-56)51(9)63(72-44-52-32-35-53(71-19)36-33-52)62(75-61)43-60-49(7)46(4)40-55(74-60)37-39-57-47(5)41-54(73-57)34-30-45(3)31-38-59(78-81(20,21)68(10,11)12)66-67(80-83(24,25)70(16,17)18)65(50(8)58(77-66)29-27-2)79-82(22,23)69(13,14)15/h27,31-33,35-36,38,45-46,48,50-51,54-67H,2,5,7,26,28-30,34,37,39-44H2,1,3-4,6,8-25H3/b38-31+/t45?,46-,48-,50+,51-,54+,55+,56-,57?,58+,59+,60?,61+,62+,63-,64+,65+,66+,67+/m1/s1. The third-order valence-electron chi connectivity index (χ3n) is 21.5. The topological polar surface area (TPSA) is 92.3 Å². The molecule has 1 aromatic rings.